The molecule has 5 nitrogen and oxygen atoms in total. The van der Waals surface area contributed by atoms with E-state index in [4.69, 9.17) is 9.47 Å². The topological polar surface area (TPSA) is 55.8 Å². The molecule has 0 fully saturated rings. The smallest absolute Gasteiger partial charge is 0.305 e. The Morgan fingerprint density at radius 3 is 1.00 bits per heavy atom. The number of carbonyl (C=O) groups excluding carboxylic acids is 2. The van der Waals surface area contributed by atoms with Crippen molar-refractivity contribution in [2.24, 2.45) is 17.8 Å². The lowest BCUT2D eigenvalue weighted by atomic mass is 9.91. The second kappa shape index (κ2) is 39.6. The fourth-order valence-corrected chi connectivity index (χ4v) is 7.76. The summed E-state index contributed by atoms with van der Waals surface area (Å²) in [5.74, 6) is 2.29. The minimum absolute atomic E-state index is 0.0132. The van der Waals surface area contributed by atoms with Crippen molar-refractivity contribution in [1.29, 1.82) is 0 Å². The van der Waals surface area contributed by atoms with Crippen LogP contribution < -0.4 is 0 Å². The highest BCUT2D eigenvalue weighted by molar-refractivity contribution is 5.69. The summed E-state index contributed by atoms with van der Waals surface area (Å²) in [5, 5.41) is 0. The molecule has 0 aromatic carbocycles. The average molecular weight is 736 g/mol. The zero-order valence-electron chi connectivity index (χ0n) is 36.3. The van der Waals surface area contributed by atoms with Crippen LogP contribution in [-0.2, 0) is 19.1 Å². The first-order chi connectivity index (χ1) is 25.4. The minimum Gasteiger partial charge on any atom is -0.466 e. The molecule has 0 bridgehead atoms. The zero-order valence-corrected chi connectivity index (χ0v) is 36.3. The van der Waals surface area contributed by atoms with Gasteiger partial charge in [-0.1, -0.05) is 195 Å². The maximum Gasteiger partial charge on any atom is 0.305 e. The predicted molar refractivity (Wildman–Crippen MR) is 226 cm³/mol. The number of hydrogen-bond donors (Lipinski definition) is 0. The Labute approximate surface area is 326 Å². The lowest BCUT2D eigenvalue weighted by molar-refractivity contribution is -0.145. The van der Waals surface area contributed by atoms with Gasteiger partial charge in [-0.05, 0) is 70.5 Å². The summed E-state index contributed by atoms with van der Waals surface area (Å²) in [7, 11) is 4.37. The van der Waals surface area contributed by atoms with Gasteiger partial charge in [0.25, 0.3) is 0 Å². The molecule has 0 saturated carbocycles. The van der Waals surface area contributed by atoms with E-state index in [1.54, 1.807) is 0 Å². The SMILES string of the molecule is CCCCCC(CCCCC)CCOC(=O)CCCCCCCC(CCCCCCCC(=O)OCCC(CCCCC)CCCCC)CCN(C)C. The molecule has 0 atom stereocenters. The summed E-state index contributed by atoms with van der Waals surface area (Å²) in [5.41, 5.74) is 0. The predicted octanol–water partition coefficient (Wildman–Crippen LogP) is 14.4. The highest BCUT2D eigenvalue weighted by Crippen LogP contribution is 2.24. The van der Waals surface area contributed by atoms with E-state index in [-0.39, 0.29) is 11.9 Å². The van der Waals surface area contributed by atoms with Crippen LogP contribution in [0, 0.1) is 17.8 Å². The van der Waals surface area contributed by atoms with Crippen LogP contribution in [0.15, 0.2) is 0 Å². The number of rotatable bonds is 41. The molecule has 0 N–H and O–H groups in total. The molecule has 0 aliphatic heterocycles. The fraction of sp³-hybridized carbons (Fsp3) is 0.957. The van der Waals surface area contributed by atoms with Crippen LogP contribution in [0.5, 0.6) is 0 Å². The maximum absolute atomic E-state index is 12.3. The highest BCUT2D eigenvalue weighted by atomic mass is 16.5. The molecule has 0 radical (unpaired) electrons. The van der Waals surface area contributed by atoms with Crippen molar-refractivity contribution in [1.82, 2.24) is 4.90 Å². The molecule has 5 heteroatoms. The van der Waals surface area contributed by atoms with E-state index in [0.29, 0.717) is 26.1 Å². The largest absolute Gasteiger partial charge is 0.466 e. The monoisotopic (exact) mass is 736 g/mol. The molecule has 0 spiro atoms. The van der Waals surface area contributed by atoms with E-state index in [2.05, 4.69) is 46.7 Å². The van der Waals surface area contributed by atoms with Crippen LogP contribution in [0.2, 0.25) is 0 Å². The number of hydrogen-bond acceptors (Lipinski definition) is 5. The van der Waals surface area contributed by atoms with Crippen molar-refractivity contribution in [2.75, 3.05) is 33.9 Å². The molecule has 0 unspecified atom stereocenters. The molecule has 0 rings (SSSR count). The number of ether oxygens (including phenoxy) is 2. The summed E-state index contributed by atoms with van der Waals surface area (Å²) in [6.07, 6.45) is 39.9. The minimum atomic E-state index is 0.0132. The van der Waals surface area contributed by atoms with E-state index < -0.39 is 0 Å². The van der Waals surface area contributed by atoms with E-state index in [9.17, 15) is 9.59 Å². The van der Waals surface area contributed by atoms with Crippen molar-refractivity contribution in [3.8, 4) is 0 Å². The van der Waals surface area contributed by atoms with Crippen molar-refractivity contribution in [2.45, 2.75) is 240 Å². The average Bonchev–Trinajstić information content (AvgIpc) is 3.12. The van der Waals surface area contributed by atoms with Gasteiger partial charge in [-0.3, -0.25) is 9.59 Å². The van der Waals surface area contributed by atoms with Crippen LogP contribution in [-0.4, -0.2) is 50.7 Å². The van der Waals surface area contributed by atoms with Crippen molar-refractivity contribution in [3.63, 3.8) is 0 Å². The van der Waals surface area contributed by atoms with E-state index >= 15 is 0 Å². The summed E-state index contributed by atoms with van der Waals surface area (Å²) in [6, 6.07) is 0. The Bertz CT molecular complexity index is 680. The number of nitrogens with zero attached hydrogens (tertiary/aromatic N) is 1. The Kier molecular flexibility index (Phi) is 38.8. The standard InChI is InChI=1S/C47H93NO4/c1-7-11-21-29-44(30-22-12-8-2)38-41-51-46(49)35-27-19-15-17-25-33-43(37-40-48(5)6)34-26-18-16-20-28-36-47(50)52-42-39-45(31-23-13-9-3)32-24-14-10-4/h43-45H,7-42H2,1-6H3. The summed E-state index contributed by atoms with van der Waals surface area (Å²) in [6.45, 7) is 11.5. The first-order valence-electron chi connectivity index (χ1n) is 23.3. The van der Waals surface area contributed by atoms with Crippen molar-refractivity contribution in [3.05, 3.63) is 0 Å². The zero-order chi connectivity index (χ0) is 38.3. The van der Waals surface area contributed by atoms with Gasteiger partial charge < -0.3 is 14.4 Å². The molecule has 0 aliphatic carbocycles. The Morgan fingerprint density at radius 1 is 0.385 bits per heavy atom. The van der Waals surface area contributed by atoms with Crippen molar-refractivity contribution >= 4 is 11.9 Å². The van der Waals surface area contributed by atoms with Gasteiger partial charge >= 0.3 is 11.9 Å². The van der Waals surface area contributed by atoms with Gasteiger partial charge in [0.05, 0.1) is 13.2 Å². The molecule has 52 heavy (non-hydrogen) atoms. The molecule has 310 valence electrons. The number of esters is 2. The third-order valence-electron chi connectivity index (χ3n) is 11.4. The molecular formula is C47H93NO4. The molecule has 0 heterocycles. The van der Waals surface area contributed by atoms with Gasteiger partial charge in [0, 0.05) is 12.8 Å². The lowest BCUT2D eigenvalue weighted by Crippen LogP contribution is -2.17. The van der Waals surface area contributed by atoms with Gasteiger partial charge in [0.15, 0.2) is 0 Å². The summed E-state index contributed by atoms with van der Waals surface area (Å²) in [4.78, 5) is 27.0. The van der Waals surface area contributed by atoms with Crippen molar-refractivity contribution < 1.29 is 19.1 Å². The van der Waals surface area contributed by atoms with Gasteiger partial charge in [0.1, 0.15) is 0 Å². The molecule has 0 amide bonds. The van der Waals surface area contributed by atoms with Gasteiger partial charge in [-0.2, -0.15) is 0 Å². The number of carbonyl (C=O) groups is 2. The highest BCUT2D eigenvalue weighted by Gasteiger charge is 2.13. The molecule has 0 aromatic rings. The maximum atomic E-state index is 12.3. The second-order valence-corrected chi connectivity index (χ2v) is 16.8. The molecule has 0 aromatic heterocycles. The van der Waals surface area contributed by atoms with Crippen LogP contribution in [0.1, 0.15) is 240 Å². The van der Waals surface area contributed by atoms with Crippen LogP contribution in [0.25, 0.3) is 0 Å². The third kappa shape index (κ3) is 35.9. The van der Waals surface area contributed by atoms with Crippen LogP contribution in [0.3, 0.4) is 0 Å². The molecular weight excluding hydrogens is 643 g/mol. The van der Waals surface area contributed by atoms with E-state index in [1.807, 2.05) is 0 Å². The Balaban J connectivity index is 4.06. The summed E-state index contributed by atoms with van der Waals surface area (Å²) < 4.78 is 11.3. The molecule has 0 aliphatic rings. The Morgan fingerprint density at radius 2 is 0.673 bits per heavy atom. The van der Waals surface area contributed by atoms with Gasteiger partial charge in [-0.25, -0.2) is 0 Å². The van der Waals surface area contributed by atoms with Crippen LogP contribution >= 0.6 is 0 Å². The third-order valence-corrected chi connectivity index (χ3v) is 11.4. The summed E-state index contributed by atoms with van der Waals surface area (Å²) >= 11 is 0. The lowest BCUT2D eigenvalue weighted by Gasteiger charge is -2.19. The Hall–Kier alpha value is -1.10. The second-order valence-electron chi connectivity index (χ2n) is 16.8. The first-order valence-corrected chi connectivity index (χ1v) is 23.3. The van der Waals surface area contributed by atoms with E-state index in [1.165, 1.54) is 167 Å². The normalized spacial score (nSPS) is 11.8. The fourth-order valence-electron chi connectivity index (χ4n) is 7.76. The van der Waals surface area contributed by atoms with Gasteiger partial charge in [0.2, 0.25) is 0 Å². The van der Waals surface area contributed by atoms with E-state index in [0.717, 1.165) is 56.3 Å². The molecule has 0 saturated heterocycles. The van der Waals surface area contributed by atoms with Gasteiger partial charge in [-0.15, -0.1) is 0 Å². The number of unbranched alkanes of at least 4 members (excludes halogenated alkanes) is 16. The first kappa shape index (κ1) is 50.9. The quantitative estimate of drug-likeness (QED) is 0.0462. The van der Waals surface area contributed by atoms with Crippen LogP contribution in [0.4, 0.5) is 0 Å².